The molecule has 1 aliphatic carbocycles. The molecule has 4 rings (SSSR count). The van der Waals surface area contributed by atoms with Gasteiger partial charge in [-0.1, -0.05) is 23.2 Å². The molecule has 1 radical (unpaired) electrons. The number of fused-ring (bicyclic) bond motifs is 5. The standard InChI is InChI=1S/C14H12Cl2N3O/c15-8-4-9(16)6-11(5-8)19-13(20)12-7-1-2-10(3-7)18(12)14(19)17/h4-7,10,12H,1-3H2/t7-,10+,12+/m1/s1. The van der Waals surface area contributed by atoms with E-state index in [2.05, 4.69) is 0 Å². The molecular formula is C14H12Cl2N3O. The number of halogens is 2. The second-order valence-corrected chi connectivity index (χ2v) is 6.55. The van der Waals surface area contributed by atoms with E-state index in [9.17, 15) is 10.2 Å². The van der Waals surface area contributed by atoms with Crippen LogP contribution in [0, 0.1) is 5.92 Å². The summed E-state index contributed by atoms with van der Waals surface area (Å²) in [5.74, 6) is 0.299. The number of benzene rings is 1. The molecule has 0 N–H and O–H groups in total. The average Bonchev–Trinajstić information content (AvgIpc) is 3.02. The van der Waals surface area contributed by atoms with Gasteiger partial charge in [0, 0.05) is 16.1 Å². The SMILES string of the molecule is [N]=C1N(c2cc(Cl)cc(Cl)c2)C(=O)[C@@H]2[C@@H]3CC[C@@H](C3)N12. The van der Waals surface area contributed by atoms with Crippen molar-refractivity contribution >= 4 is 40.8 Å². The van der Waals surface area contributed by atoms with Crippen LogP contribution in [0.4, 0.5) is 5.69 Å². The largest absolute Gasteiger partial charge is 0.325 e. The highest BCUT2D eigenvalue weighted by atomic mass is 35.5. The fourth-order valence-electron chi connectivity index (χ4n) is 3.85. The first-order valence-electron chi connectivity index (χ1n) is 6.70. The predicted octanol–water partition coefficient (Wildman–Crippen LogP) is 2.35. The van der Waals surface area contributed by atoms with Crippen LogP contribution in [0.2, 0.25) is 10.0 Å². The Kier molecular flexibility index (Phi) is 2.57. The Hall–Kier alpha value is -1.26. The van der Waals surface area contributed by atoms with Crippen molar-refractivity contribution in [1.29, 1.82) is 0 Å². The molecule has 0 spiro atoms. The van der Waals surface area contributed by atoms with Gasteiger partial charge >= 0.3 is 0 Å². The summed E-state index contributed by atoms with van der Waals surface area (Å²) < 4.78 is 0. The van der Waals surface area contributed by atoms with Gasteiger partial charge < -0.3 is 4.90 Å². The molecule has 0 unspecified atom stereocenters. The van der Waals surface area contributed by atoms with Crippen LogP contribution in [0.25, 0.3) is 0 Å². The highest BCUT2D eigenvalue weighted by molar-refractivity contribution is 6.35. The Morgan fingerprint density at radius 3 is 2.50 bits per heavy atom. The number of carbonyl (C=O) groups excluding carboxylic acids is 1. The van der Waals surface area contributed by atoms with Crippen LogP contribution in [0.15, 0.2) is 18.2 Å². The number of hydrogen-bond donors (Lipinski definition) is 0. The lowest BCUT2D eigenvalue weighted by Gasteiger charge is -2.27. The Bertz CT molecular complexity index is 585. The van der Waals surface area contributed by atoms with E-state index in [0.29, 0.717) is 21.7 Å². The fourth-order valence-corrected chi connectivity index (χ4v) is 4.37. The Morgan fingerprint density at radius 2 is 1.85 bits per heavy atom. The lowest BCUT2D eigenvalue weighted by molar-refractivity contribution is -0.120. The molecule has 2 bridgehead atoms. The zero-order valence-electron chi connectivity index (χ0n) is 10.6. The maximum absolute atomic E-state index is 12.6. The van der Waals surface area contributed by atoms with Crippen LogP contribution in [-0.4, -0.2) is 28.9 Å². The van der Waals surface area contributed by atoms with E-state index in [1.165, 1.54) is 4.90 Å². The number of piperidine rings is 1. The van der Waals surface area contributed by atoms with Gasteiger partial charge in [-0.05, 0) is 43.4 Å². The summed E-state index contributed by atoms with van der Waals surface area (Å²) in [5.41, 5.74) is 0.527. The third-order valence-corrected chi connectivity index (χ3v) is 5.03. The van der Waals surface area contributed by atoms with Crippen molar-refractivity contribution in [1.82, 2.24) is 10.3 Å². The molecule has 2 aliphatic heterocycles. The predicted molar refractivity (Wildman–Crippen MR) is 77.8 cm³/mol. The smallest absolute Gasteiger partial charge is 0.257 e. The monoisotopic (exact) mass is 308 g/mol. The van der Waals surface area contributed by atoms with E-state index in [1.807, 2.05) is 4.90 Å². The summed E-state index contributed by atoms with van der Waals surface area (Å²) >= 11 is 12.0. The molecule has 2 saturated heterocycles. The summed E-state index contributed by atoms with van der Waals surface area (Å²) in [6.45, 7) is 0. The lowest BCUT2D eigenvalue weighted by atomic mass is 9.99. The Labute approximate surface area is 126 Å². The molecule has 103 valence electrons. The van der Waals surface area contributed by atoms with Crippen LogP contribution < -0.4 is 10.3 Å². The normalized spacial score (nSPS) is 31.4. The first kappa shape index (κ1) is 12.5. The van der Waals surface area contributed by atoms with E-state index in [4.69, 9.17) is 23.2 Å². The first-order chi connectivity index (χ1) is 9.56. The third kappa shape index (κ3) is 1.55. The van der Waals surface area contributed by atoms with Crippen LogP contribution in [0.1, 0.15) is 19.3 Å². The average molecular weight is 309 g/mol. The molecule has 3 aliphatic rings. The summed E-state index contributed by atoms with van der Waals surface area (Å²) in [7, 11) is 0. The highest BCUT2D eigenvalue weighted by Gasteiger charge is 2.57. The van der Waals surface area contributed by atoms with Crippen molar-refractivity contribution in [2.45, 2.75) is 31.3 Å². The molecule has 1 aromatic carbocycles. The lowest BCUT2D eigenvalue weighted by Crippen LogP contribution is -2.41. The molecule has 3 atom stereocenters. The van der Waals surface area contributed by atoms with Gasteiger partial charge in [0.05, 0.1) is 5.69 Å². The summed E-state index contributed by atoms with van der Waals surface area (Å²) in [6.07, 6.45) is 3.11. The fraction of sp³-hybridized carbons (Fsp3) is 0.429. The number of anilines is 1. The van der Waals surface area contributed by atoms with Crippen molar-refractivity contribution in [3.8, 4) is 0 Å². The molecular weight excluding hydrogens is 297 g/mol. The minimum atomic E-state index is -0.216. The topological polar surface area (TPSA) is 45.9 Å². The molecule has 20 heavy (non-hydrogen) atoms. The third-order valence-electron chi connectivity index (χ3n) is 4.59. The van der Waals surface area contributed by atoms with E-state index in [-0.39, 0.29) is 24.0 Å². The van der Waals surface area contributed by atoms with Gasteiger partial charge in [0.1, 0.15) is 6.04 Å². The maximum Gasteiger partial charge on any atom is 0.257 e. The highest BCUT2D eigenvalue weighted by Crippen LogP contribution is 2.47. The van der Waals surface area contributed by atoms with Crippen molar-refractivity contribution < 1.29 is 4.79 Å². The van der Waals surface area contributed by atoms with Crippen molar-refractivity contribution in [2.24, 2.45) is 5.92 Å². The Balaban J connectivity index is 1.76. The minimum Gasteiger partial charge on any atom is -0.325 e. The van der Waals surface area contributed by atoms with Crippen LogP contribution in [0.5, 0.6) is 0 Å². The number of amides is 1. The van der Waals surface area contributed by atoms with E-state index in [0.717, 1.165) is 19.3 Å². The zero-order chi connectivity index (χ0) is 14.0. The Morgan fingerprint density at radius 1 is 1.15 bits per heavy atom. The summed E-state index contributed by atoms with van der Waals surface area (Å²) in [5, 5.41) is 11.3. The van der Waals surface area contributed by atoms with Crippen LogP contribution in [0.3, 0.4) is 0 Å². The molecule has 1 aromatic rings. The van der Waals surface area contributed by atoms with Gasteiger partial charge in [-0.3, -0.25) is 4.79 Å². The number of rotatable bonds is 1. The van der Waals surface area contributed by atoms with Gasteiger partial charge in [0.15, 0.2) is 0 Å². The molecule has 2 heterocycles. The molecule has 1 saturated carbocycles. The second kappa shape index (κ2) is 4.12. The number of nitrogens with zero attached hydrogens (tertiary/aromatic N) is 3. The maximum atomic E-state index is 12.6. The van der Waals surface area contributed by atoms with Crippen molar-refractivity contribution in [3.63, 3.8) is 0 Å². The van der Waals surface area contributed by atoms with Crippen LogP contribution >= 0.6 is 23.2 Å². The van der Waals surface area contributed by atoms with E-state index >= 15 is 0 Å². The molecule has 1 amide bonds. The minimum absolute atomic E-state index is 0.0190. The van der Waals surface area contributed by atoms with Crippen LogP contribution in [-0.2, 0) is 4.79 Å². The second-order valence-electron chi connectivity index (χ2n) is 5.68. The van der Waals surface area contributed by atoms with Gasteiger partial charge in [-0.15, -0.1) is 5.41 Å². The van der Waals surface area contributed by atoms with Gasteiger partial charge in [-0.25, -0.2) is 4.90 Å². The molecule has 3 fully saturated rings. The van der Waals surface area contributed by atoms with Gasteiger partial charge in [0.25, 0.3) is 5.91 Å². The molecule has 4 nitrogen and oxygen atoms in total. The van der Waals surface area contributed by atoms with Crippen molar-refractivity contribution in [2.75, 3.05) is 4.90 Å². The van der Waals surface area contributed by atoms with E-state index in [1.54, 1.807) is 18.2 Å². The summed E-state index contributed by atoms with van der Waals surface area (Å²) in [4.78, 5) is 15.8. The number of hydrogen-bond acceptors (Lipinski definition) is 1. The molecule has 6 heteroatoms. The first-order valence-corrected chi connectivity index (χ1v) is 7.46. The summed E-state index contributed by atoms with van der Waals surface area (Å²) in [6, 6.07) is 4.96. The van der Waals surface area contributed by atoms with Gasteiger partial charge in [-0.2, -0.15) is 0 Å². The van der Waals surface area contributed by atoms with Crippen molar-refractivity contribution in [3.05, 3.63) is 28.2 Å². The number of carbonyl (C=O) groups is 1. The number of guanidine groups is 1. The quantitative estimate of drug-likeness (QED) is 0.799. The zero-order valence-corrected chi connectivity index (χ0v) is 12.1. The van der Waals surface area contributed by atoms with E-state index < -0.39 is 0 Å². The molecule has 0 aromatic heterocycles. The van der Waals surface area contributed by atoms with Gasteiger partial charge in [0.2, 0.25) is 5.96 Å².